The molecule has 1 aromatic carbocycles. The highest BCUT2D eigenvalue weighted by Crippen LogP contribution is 2.26. The maximum atomic E-state index is 11.9. The lowest BCUT2D eigenvalue weighted by Crippen LogP contribution is -2.37. The number of amides is 1. The van der Waals surface area contributed by atoms with Crippen LogP contribution in [0.4, 0.5) is 0 Å². The van der Waals surface area contributed by atoms with Crippen molar-refractivity contribution in [2.75, 3.05) is 13.7 Å². The van der Waals surface area contributed by atoms with Crippen molar-refractivity contribution in [1.29, 1.82) is 0 Å². The molecular weight excluding hydrogens is 258 g/mol. The minimum Gasteiger partial charge on any atom is -0.371 e. The van der Waals surface area contributed by atoms with Crippen LogP contribution in [0.2, 0.25) is 0 Å². The van der Waals surface area contributed by atoms with Gasteiger partial charge in [0, 0.05) is 29.7 Å². The van der Waals surface area contributed by atoms with Gasteiger partial charge in [-0.3, -0.25) is 4.79 Å². The second-order valence-corrected chi connectivity index (χ2v) is 5.64. The highest BCUT2D eigenvalue weighted by molar-refractivity contribution is 7.19. The molecule has 3 nitrogen and oxygen atoms in total. The van der Waals surface area contributed by atoms with Crippen LogP contribution in [0, 0.1) is 0 Å². The van der Waals surface area contributed by atoms with Crippen LogP contribution >= 0.6 is 11.3 Å². The Balaban J connectivity index is 2.07. The summed E-state index contributed by atoms with van der Waals surface area (Å²) < 4.78 is 6.55. The number of rotatable bonds is 6. The molecule has 0 aliphatic carbocycles. The predicted octanol–water partition coefficient (Wildman–Crippen LogP) is 2.99. The molecule has 1 N–H and O–H groups in total. The fourth-order valence-corrected chi connectivity index (χ4v) is 3.06. The number of fused-ring (bicyclic) bond motifs is 1. The molecule has 0 radical (unpaired) electrons. The number of carbonyl (C=O) groups excluding carboxylic acids is 1. The second kappa shape index (κ2) is 6.68. The SMILES string of the molecule is CCCNC(=O)C(Cc1cc2ccccc2s1)OC. The molecule has 0 aliphatic heterocycles. The van der Waals surface area contributed by atoms with Gasteiger partial charge in [-0.2, -0.15) is 0 Å². The zero-order valence-electron chi connectivity index (χ0n) is 11.3. The quantitative estimate of drug-likeness (QED) is 0.881. The zero-order valence-corrected chi connectivity index (χ0v) is 12.1. The molecule has 2 aromatic rings. The highest BCUT2D eigenvalue weighted by atomic mass is 32.1. The van der Waals surface area contributed by atoms with E-state index in [2.05, 4.69) is 23.5 Å². The van der Waals surface area contributed by atoms with Crippen molar-refractivity contribution in [1.82, 2.24) is 5.32 Å². The molecule has 0 bridgehead atoms. The number of benzene rings is 1. The average molecular weight is 277 g/mol. The standard InChI is InChI=1S/C15H19NO2S/c1-3-8-16-15(17)13(18-2)10-12-9-11-6-4-5-7-14(11)19-12/h4-7,9,13H,3,8,10H2,1-2H3,(H,16,17). The minimum atomic E-state index is -0.403. The van der Waals surface area contributed by atoms with Gasteiger partial charge in [0.25, 0.3) is 0 Å². The van der Waals surface area contributed by atoms with Crippen LogP contribution in [0.5, 0.6) is 0 Å². The van der Waals surface area contributed by atoms with Crippen LogP contribution in [-0.2, 0) is 16.0 Å². The van der Waals surface area contributed by atoms with E-state index in [9.17, 15) is 4.79 Å². The third-order valence-corrected chi connectivity index (χ3v) is 4.13. The van der Waals surface area contributed by atoms with Gasteiger partial charge in [-0.1, -0.05) is 25.1 Å². The van der Waals surface area contributed by atoms with Crippen molar-refractivity contribution in [2.45, 2.75) is 25.9 Å². The van der Waals surface area contributed by atoms with Crippen molar-refractivity contribution < 1.29 is 9.53 Å². The first-order valence-electron chi connectivity index (χ1n) is 6.52. The third-order valence-electron chi connectivity index (χ3n) is 2.99. The Bertz CT molecular complexity index is 517. The molecule has 0 saturated heterocycles. The van der Waals surface area contributed by atoms with Crippen LogP contribution in [0.25, 0.3) is 10.1 Å². The average Bonchev–Trinajstić information content (AvgIpc) is 2.84. The van der Waals surface area contributed by atoms with Gasteiger partial charge in [0.1, 0.15) is 6.10 Å². The Labute approximate surface area is 117 Å². The Hall–Kier alpha value is -1.39. The molecule has 19 heavy (non-hydrogen) atoms. The minimum absolute atomic E-state index is 0.0261. The lowest BCUT2D eigenvalue weighted by molar-refractivity contribution is -0.130. The summed E-state index contributed by atoms with van der Waals surface area (Å²) in [5.41, 5.74) is 0. The highest BCUT2D eigenvalue weighted by Gasteiger charge is 2.18. The molecule has 2 rings (SSSR count). The van der Waals surface area contributed by atoms with Crippen LogP contribution in [0.15, 0.2) is 30.3 Å². The summed E-state index contributed by atoms with van der Waals surface area (Å²) in [4.78, 5) is 13.1. The number of carbonyl (C=O) groups is 1. The van der Waals surface area contributed by atoms with Crippen molar-refractivity contribution in [2.24, 2.45) is 0 Å². The lowest BCUT2D eigenvalue weighted by atomic mass is 10.2. The van der Waals surface area contributed by atoms with E-state index in [0.29, 0.717) is 13.0 Å². The van der Waals surface area contributed by atoms with Gasteiger partial charge in [-0.05, 0) is 23.9 Å². The maximum Gasteiger partial charge on any atom is 0.249 e. The first-order valence-corrected chi connectivity index (χ1v) is 7.34. The molecule has 1 atom stereocenters. The zero-order chi connectivity index (χ0) is 13.7. The van der Waals surface area contributed by atoms with Crippen molar-refractivity contribution in [3.05, 3.63) is 35.2 Å². The van der Waals surface area contributed by atoms with Crippen LogP contribution < -0.4 is 5.32 Å². The van der Waals surface area contributed by atoms with Crippen molar-refractivity contribution in [3.8, 4) is 0 Å². The molecular formula is C15H19NO2S. The van der Waals surface area contributed by atoms with Crippen molar-refractivity contribution in [3.63, 3.8) is 0 Å². The lowest BCUT2D eigenvalue weighted by Gasteiger charge is -2.13. The maximum absolute atomic E-state index is 11.9. The van der Waals surface area contributed by atoms with Crippen LogP contribution in [0.3, 0.4) is 0 Å². The molecule has 4 heteroatoms. The van der Waals surface area contributed by atoms with Gasteiger partial charge in [0.05, 0.1) is 0 Å². The molecule has 0 saturated carbocycles. The van der Waals surface area contributed by atoms with E-state index in [4.69, 9.17) is 4.74 Å². The summed E-state index contributed by atoms with van der Waals surface area (Å²) in [7, 11) is 1.59. The van der Waals surface area contributed by atoms with Gasteiger partial charge in [0.2, 0.25) is 5.91 Å². The molecule has 102 valence electrons. The summed E-state index contributed by atoms with van der Waals surface area (Å²) in [6, 6.07) is 10.4. The van der Waals surface area contributed by atoms with Gasteiger partial charge in [-0.15, -0.1) is 11.3 Å². The van der Waals surface area contributed by atoms with Gasteiger partial charge >= 0.3 is 0 Å². The molecule has 0 fully saturated rings. The Morgan fingerprint density at radius 3 is 2.89 bits per heavy atom. The predicted molar refractivity (Wildman–Crippen MR) is 79.6 cm³/mol. The van der Waals surface area contributed by atoms with E-state index in [1.54, 1.807) is 18.4 Å². The van der Waals surface area contributed by atoms with E-state index in [-0.39, 0.29) is 5.91 Å². The van der Waals surface area contributed by atoms with Crippen LogP contribution in [0.1, 0.15) is 18.2 Å². The Morgan fingerprint density at radius 2 is 2.21 bits per heavy atom. The number of ether oxygens (including phenoxy) is 1. The van der Waals surface area contributed by atoms with E-state index < -0.39 is 6.10 Å². The number of nitrogens with one attached hydrogen (secondary N) is 1. The van der Waals surface area contributed by atoms with Crippen LogP contribution in [-0.4, -0.2) is 25.7 Å². The van der Waals surface area contributed by atoms with E-state index in [0.717, 1.165) is 6.42 Å². The molecule has 1 amide bonds. The number of hydrogen-bond donors (Lipinski definition) is 1. The number of methoxy groups -OCH3 is 1. The molecule has 0 spiro atoms. The van der Waals surface area contributed by atoms with Gasteiger partial charge in [-0.25, -0.2) is 0 Å². The molecule has 1 aromatic heterocycles. The summed E-state index contributed by atoms with van der Waals surface area (Å²) in [6.45, 7) is 2.74. The topological polar surface area (TPSA) is 38.3 Å². The van der Waals surface area contributed by atoms with E-state index >= 15 is 0 Å². The number of thiophene rings is 1. The third kappa shape index (κ3) is 3.55. The normalized spacial score (nSPS) is 12.5. The first-order chi connectivity index (χ1) is 9.24. The van der Waals surface area contributed by atoms with Gasteiger partial charge < -0.3 is 10.1 Å². The Kier molecular flexibility index (Phi) is 4.93. The Morgan fingerprint density at radius 1 is 1.42 bits per heavy atom. The van der Waals surface area contributed by atoms with E-state index in [1.807, 2.05) is 19.1 Å². The molecule has 0 aliphatic rings. The molecule has 1 unspecified atom stereocenters. The van der Waals surface area contributed by atoms with E-state index in [1.165, 1.54) is 15.0 Å². The fraction of sp³-hybridized carbons (Fsp3) is 0.400. The largest absolute Gasteiger partial charge is 0.371 e. The monoisotopic (exact) mass is 277 g/mol. The first kappa shape index (κ1) is 14.0. The molecule has 1 heterocycles. The summed E-state index contributed by atoms with van der Waals surface area (Å²) in [5, 5.41) is 4.11. The number of hydrogen-bond acceptors (Lipinski definition) is 3. The second-order valence-electron chi connectivity index (χ2n) is 4.47. The van der Waals surface area contributed by atoms with Gasteiger partial charge in [0.15, 0.2) is 0 Å². The summed E-state index contributed by atoms with van der Waals surface area (Å²) in [6.07, 6.45) is 1.16. The smallest absolute Gasteiger partial charge is 0.249 e. The van der Waals surface area contributed by atoms with Crippen molar-refractivity contribution >= 4 is 27.3 Å². The fourth-order valence-electron chi connectivity index (χ4n) is 1.97. The summed E-state index contributed by atoms with van der Waals surface area (Å²) in [5.74, 6) is -0.0261. The summed E-state index contributed by atoms with van der Waals surface area (Å²) >= 11 is 1.72.